The van der Waals surface area contributed by atoms with E-state index in [9.17, 15) is 0 Å². The van der Waals surface area contributed by atoms with E-state index in [4.69, 9.17) is 0 Å². The number of hydrogen-bond acceptors (Lipinski definition) is 2. The second kappa shape index (κ2) is 5.56. The van der Waals surface area contributed by atoms with E-state index in [1.165, 1.54) is 47.7 Å². The number of fused-ring (bicyclic) bond motifs is 1. The van der Waals surface area contributed by atoms with Gasteiger partial charge in [-0.3, -0.25) is 0 Å². The third-order valence-corrected chi connectivity index (χ3v) is 5.93. The number of aryl methyl sites for hydroxylation is 1. The van der Waals surface area contributed by atoms with Gasteiger partial charge in [0.15, 0.2) is 0 Å². The van der Waals surface area contributed by atoms with Crippen molar-refractivity contribution in [3.05, 3.63) is 33.8 Å². The molecule has 1 nitrogen and oxygen atoms in total. The Bertz CT molecular complexity index is 435. The van der Waals surface area contributed by atoms with Crippen molar-refractivity contribution in [3.63, 3.8) is 0 Å². The van der Waals surface area contributed by atoms with Gasteiger partial charge in [0.2, 0.25) is 0 Å². The number of hydrogen-bond donors (Lipinski definition) is 1. The van der Waals surface area contributed by atoms with Gasteiger partial charge in [-0.15, -0.1) is 0 Å². The van der Waals surface area contributed by atoms with E-state index in [2.05, 4.69) is 45.7 Å². The molecule has 1 fully saturated rings. The van der Waals surface area contributed by atoms with E-state index in [0.717, 1.165) is 11.3 Å². The molecule has 2 aliphatic rings. The summed E-state index contributed by atoms with van der Waals surface area (Å²) >= 11 is 5.60. The van der Waals surface area contributed by atoms with Crippen LogP contribution < -0.4 is 5.32 Å². The smallest absolute Gasteiger partial charge is 0.0328 e. The maximum Gasteiger partial charge on any atom is 0.0328 e. The monoisotopic (exact) mass is 325 g/mol. The highest BCUT2D eigenvalue weighted by atomic mass is 79.9. The van der Waals surface area contributed by atoms with Crippen LogP contribution in [0.1, 0.15) is 42.9 Å². The van der Waals surface area contributed by atoms with Crippen molar-refractivity contribution in [2.75, 3.05) is 6.26 Å². The third kappa shape index (κ3) is 2.63. The van der Waals surface area contributed by atoms with E-state index >= 15 is 0 Å². The summed E-state index contributed by atoms with van der Waals surface area (Å²) in [4.78, 5) is 0. The van der Waals surface area contributed by atoms with Gasteiger partial charge < -0.3 is 5.32 Å². The number of rotatable bonds is 3. The van der Waals surface area contributed by atoms with Gasteiger partial charge in [-0.25, -0.2) is 0 Å². The van der Waals surface area contributed by atoms with Crippen LogP contribution in [0.15, 0.2) is 22.7 Å². The second-order valence-corrected chi connectivity index (χ2v) is 7.52. The van der Waals surface area contributed by atoms with Crippen LogP contribution in [-0.2, 0) is 6.42 Å². The van der Waals surface area contributed by atoms with Crippen molar-refractivity contribution in [2.45, 2.75) is 49.4 Å². The molecule has 3 unspecified atom stereocenters. The van der Waals surface area contributed by atoms with Crippen LogP contribution in [0.25, 0.3) is 0 Å². The topological polar surface area (TPSA) is 12.0 Å². The predicted molar refractivity (Wildman–Crippen MR) is 83.3 cm³/mol. The number of thioether (sulfide) groups is 1. The van der Waals surface area contributed by atoms with Gasteiger partial charge in [0, 0.05) is 21.8 Å². The van der Waals surface area contributed by atoms with E-state index in [1.54, 1.807) is 0 Å². The van der Waals surface area contributed by atoms with E-state index in [-0.39, 0.29) is 0 Å². The summed E-state index contributed by atoms with van der Waals surface area (Å²) in [7, 11) is 0. The van der Waals surface area contributed by atoms with Crippen molar-refractivity contribution < 1.29 is 0 Å². The molecule has 1 saturated carbocycles. The minimum Gasteiger partial charge on any atom is -0.307 e. The molecule has 0 bridgehead atoms. The molecule has 2 aliphatic carbocycles. The Hall–Kier alpha value is 0.01000. The number of nitrogens with one attached hydrogen (secondary N) is 1. The zero-order chi connectivity index (χ0) is 12.5. The molecule has 3 heteroatoms. The molecule has 0 aliphatic heterocycles. The van der Waals surface area contributed by atoms with E-state index in [0.29, 0.717) is 6.04 Å². The molecule has 1 aromatic rings. The molecule has 0 spiro atoms. The van der Waals surface area contributed by atoms with Crippen LogP contribution in [0, 0.1) is 0 Å². The third-order valence-electron chi connectivity index (χ3n) is 4.34. The maximum absolute atomic E-state index is 3.89. The highest BCUT2D eigenvalue weighted by molar-refractivity contribution is 9.10. The predicted octanol–water partition coefficient (Wildman–Crippen LogP) is 4.31. The van der Waals surface area contributed by atoms with E-state index in [1.807, 2.05) is 11.8 Å². The summed E-state index contributed by atoms with van der Waals surface area (Å²) in [6.07, 6.45) is 8.84. The Kier molecular flexibility index (Phi) is 4.02. The minimum absolute atomic E-state index is 0.596. The van der Waals surface area contributed by atoms with Gasteiger partial charge in [0.25, 0.3) is 0 Å². The SMILES string of the molecule is CSC1CCC(NC2CCc3cc(Br)ccc32)C1. The molecule has 1 N–H and O–H groups in total. The van der Waals surface area contributed by atoms with Gasteiger partial charge in [-0.2, -0.15) is 11.8 Å². The second-order valence-electron chi connectivity index (χ2n) is 5.47. The number of benzene rings is 1. The summed E-state index contributed by atoms with van der Waals surface area (Å²) in [6.45, 7) is 0. The summed E-state index contributed by atoms with van der Waals surface area (Å²) in [5, 5.41) is 4.77. The Balaban J connectivity index is 1.66. The van der Waals surface area contributed by atoms with Crippen LogP contribution in [0.4, 0.5) is 0 Å². The lowest BCUT2D eigenvalue weighted by Crippen LogP contribution is -2.30. The zero-order valence-electron chi connectivity index (χ0n) is 10.8. The minimum atomic E-state index is 0.596. The Morgan fingerprint density at radius 2 is 2.17 bits per heavy atom. The molecular formula is C15H20BrNS. The molecule has 1 aromatic carbocycles. The average molecular weight is 326 g/mol. The molecule has 0 radical (unpaired) electrons. The lowest BCUT2D eigenvalue weighted by molar-refractivity contribution is 0.438. The van der Waals surface area contributed by atoms with Crippen molar-refractivity contribution in [3.8, 4) is 0 Å². The standard InChI is InChI=1S/C15H20BrNS/c1-18-13-5-4-12(9-13)17-15-7-2-10-8-11(16)3-6-14(10)15/h3,6,8,12-13,15,17H,2,4-5,7,9H2,1H3. The molecule has 18 heavy (non-hydrogen) atoms. The average Bonchev–Trinajstić information content (AvgIpc) is 2.97. The van der Waals surface area contributed by atoms with Crippen molar-refractivity contribution in [1.29, 1.82) is 0 Å². The zero-order valence-corrected chi connectivity index (χ0v) is 13.2. The fraction of sp³-hybridized carbons (Fsp3) is 0.600. The van der Waals surface area contributed by atoms with Crippen LogP contribution in [-0.4, -0.2) is 17.5 Å². The van der Waals surface area contributed by atoms with Crippen LogP contribution >= 0.6 is 27.7 Å². The molecule has 98 valence electrons. The highest BCUT2D eigenvalue weighted by Gasteiger charge is 2.29. The van der Waals surface area contributed by atoms with Crippen molar-refractivity contribution in [2.24, 2.45) is 0 Å². The summed E-state index contributed by atoms with van der Waals surface area (Å²) in [5.41, 5.74) is 3.06. The Morgan fingerprint density at radius 1 is 1.28 bits per heavy atom. The molecule has 0 amide bonds. The van der Waals surface area contributed by atoms with E-state index < -0.39 is 0 Å². The Labute approximate surface area is 122 Å². The molecule has 3 rings (SSSR count). The van der Waals surface area contributed by atoms with Crippen molar-refractivity contribution in [1.82, 2.24) is 5.32 Å². The first-order valence-corrected chi connectivity index (χ1v) is 8.91. The lowest BCUT2D eigenvalue weighted by atomic mass is 10.1. The van der Waals surface area contributed by atoms with Crippen LogP contribution in [0.2, 0.25) is 0 Å². The molecule has 0 aromatic heterocycles. The maximum atomic E-state index is 3.89. The summed E-state index contributed by atoms with van der Waals surface area (Å²) in [5.74, 6) is 0. The molecule has 0 saturated heterocycles. The van der Waals surface area contributed by atoms with Crippen LogP contribution in [0.3, 0.4) is 0 Å². The number of halogens is 1. The van der Waals surface area contributed by atoms with Gasteiger partial charge in [-0.05, 0) is 61.6 Å². The first kappa shape index (κ1) is 13.0. The van der Waals surface area contributed by atoms with Crippen LogP contribution in [0.5, 0.6) is 0 Å². The molecule has 3 atom stereocenters. The Morgan fingerprint density at radius 3 is 2.94 bits per heavy atom. The van der Waals surface area contributed by atoms with Gasteiger partial charge in [-0.1, -0.05) is 22.0 Å². The quantitative estimate of drug-likeness (QED) is 0.888. The summed E-state index contributed by atoms with van der Waals surface area (Å²) < 4.78 is 1.21. The first-order valence-electron chi connectivity index (χ1n) is 6.83. The van der Waals surface area contributed by atoms with Gasteiger partial charge in [0.05, 0.1) is 0 Å². The summed E-state index contributed by atoms with van der Waals surface area (Å²) in [6, 6.07) is 8.10. The van der Waals surface area contributed by atoms with Crippen molar-refractivity contribution >= 4 is 27.7 Å². The van der Waals surface area contributed by atoms with Gasteiger partial charge in [0.1, 0.15) is 0 Å². The fourth-order valence-corrected chi connectivity index (χ4v) is 4.55. The lowest BCUT2D eigenvalue weighted by Gasteiger charge is -2.20. The fourth-order valence-electron chi connectivity index (χ4n) is 3.35. The van der Waals surface area contributed by atoms with Gasteiger partial charge >= 0.3 is 0 Å². The normalized spacial score (nSPS) is 30.7. The molecule has 0 heterocycles. The molecular weight excluding hydrogens is 306 g/mol. The first-order chi connectivity index (χ1) is 8.76. The largest absolute Gasteiger partial charge is 0.307 e. The highest BCUT2D eigenvalue weighted by Crippen LogP contribution is 2.36.